The van der Waals surface area contributed by atoms with Crippen molar-refractivity contribution in [3.63, 3.8) is 0 Å². The van der Waals surface area contributed by atoms with Gasteiger partial charge in [-0.25, -0.2) is 15.0 Å². The maximum atomic E-state index is 5.27. The van der Waals surface area contributed by atoms with Gasteiger partial charge >= 0.3 is 0 Å². The third-order valence-corrected chi connectivity index (χ3v) is 19.1. The summed E-state index contributed by atoms with van der Waals surface area (Å²) in [5.74, 6) is 8.98. The predicted molar refractivity (Wildman–Crippen MR) is 284 cm³/mol. The number of hydrogen-bond acceptors (Lipinski definition) is 3. The molecule has 4 saturated carbocycles. The van der Waals surface area contributed by atoms with Crippen molar-refractivity contribution >= 4 is 32.6 Å². The molecule has 0 spiro atoms. The molecule has 9 atom stereocenters. The minimum atomic E-state index is 0.489. The van der Waals surface area contributed by atoms with Gasteiger partial charge in [0.2, 0.25) is 0 Å². The summed E-state index contributed by atoms with van der Waals surface area (Å²) in [6.45, 7) is 12.9. The van der Waals surface area contributed by atoms with Crippen LogP contribution in [0.15, 0.2) is 140 Å². The molecule has 0 bridgehead atoms. The predicted octanol–water partition coefficient (Wildman–Crippen LogP) is 17.3. The Morgan fingerprint density at radius 3 is 2.03 bits per heavy atom. The van der Waals surface area contributed by atoms with E-state index in [2.05, 4.69) is 179 Å². The van der Waals surface area contributed by atoms with Crippen LogP contribution in [0.25, 0.3) is 72.4 Å². The fourth-order valence-electron chi connectivity index (χ4n) is 15.6. The van der Waals surface area contributed by atoms with Crippen molar-refractivity contribution < 1.29 is 0 Å². The first kappa shape index (κ1) is 43.7. The lowest BCUT2D eigenvalue weighted by Gasteiger charge is -2.61. The number of para-hydroxylation sites is 1. The summed E-state index contributed by atoms with van der Waals surface area (Å²) in [6.07, 6.45) is 17.1. The molecule has 4 nitrogen and oxygen atoms in total. The van der Waals surface area contributed by atoms with Crippen LogP contribution in [0, 0.1) is 52.3 Å². The molecule has 0 amide bonds. The molecule has 4 aliphatic rings. The standard InChI is InChI=1S/C64H70N4/c1-41(2)15-13-16-42(3)55-33-34-56-54-32-30-49-39-47(35-37-63(49,4)57(54)36-38-64(55,56)5)43-25-27-46(28-26-43)61-65-60(45-18-7-6-8-19-45)66-62(67-61)48-20-14-21-50(40-48)68-58-24-12-11-23-52(58)53-31-29-44-17-9-10-22-51(44)59(53)68/h6-12,14,17-29,31,40-42,47,49,54-57H,13,15-16,30,32-39H2,1-5H3/t42-,47?,49+,54+,55-,56+,57?,63+,64-/m1/s1. The largest absolute Gasteiger partial charge is 0.309 e. The molecule has 4 fully saturated rings. The van der Waals surface area contributed by atoms with Crippen molar-refractivity contribution in [1.29, 1.82) is 0 Å². The van der Waals surface area contributed by atoms with Crippen molar-refractivity contribution in [2.45, 2.75) is 118 Å². The zero-order chi connectivity index (χ0) is 46.1. The van der Waals surface area contributed by atoms with Crippen LogP contribution < -0.4 is 0 Å². The fourth-order valence-corrected chi connectivity index (χ4v) is 15.6. The molecule has 8 aromatic rings. The molecule has 2 unspecified atom stereocenters. The number of benzene rings is 6. The van der Waals surface area contributed by atoms with Crippen LogP contribution in [-0.4, -0.2) is 19.5 Å². The van der Waals surface area contributed by atoms with Crippen molar-refractivity contribution in [2.24, 2.45) is 52.3 Å². The van der Waals surface area contributed by atoms with Crippen molar-refractivity contribution in [2.75, 3.05) is 0 Å². The van der Waals surface area contributed by atoms with Gasteiger partial charge in [0.15, 0.2) is 17.5 Å². The SMILES string of the molecule is CC(C)CCC[C@@H](C)[C@H]1CC[C@H]2[C@@H]3CC[C@H]4CC(c5ccc(-c6nc(-c7ccccc7)nc(-c7cccc(-n8c9ccccc9c9ccc%10ccccc%10c98)c7)n6)cc5)CC[C@]4(C)C3CC[C@]12C. The van der Waals surface area contributed by atoms with Gasteiger partial charge < -0.3 is 4.57 Å². The van der Waals surface area contributed by atoms with Crippen molar-refractivity contribution in [3.05, 3.63) is 145 Å². The van der Waals surface area contributed by atoms with Crippen LogP contribution in [0.1, 0.15) is 123 Å². The van der Waals surface area contributed by atoms with E-state index in [0.29, 0.717) is 34.2 Å². The van der Waals surface area contributed by atoms with Gasteiger partial charge in [-0.05, 0) is 145 Å². The Balaban J connectivity index is 0.812. The molecule has 4 heteroatoms. The van der Waals surface area contributed by atoms with Crippen LogP contribution >= 0.6 is 0 Å². The molecule has 2 heterocycles. The lowest BCUT2D eigenvalue weighted by Crippen LogP contribution is -2.53. The fraction of sp³-hybridized carbons (Fsp3) is 0.422. The first-order valence-corrected chi connectivity index (χ1v) is 26.6. The highest BCUT2D eigenvalue weighted by Gasteiger charge is 2.60. The topological polar surface area (TPSA) is 43.6 Å². The smallest absolute Gasteiger partial charge is 0.164 e. The Labute approximate surface area is 405 Å². The monoisotopic (exact) mass is 895 g/mol. The minimum Gasteiger partial charge on any atom is -0.309 e. The Hall–Kier alpha value is -5.61. The summed E-state index contributed by atoms with van der Waals surface area (Å²) in [4.78, 5) is 15.6. The summed E-state index contributed by atoms with van der Waals surface area (Å²) in [5.41, 5.74) is 9.02. The number of aromatic nitrogens is 4. The van der Waals surface area contributed by atoms with E-state index in [1.54, 1.807) is 0 Å². The molecule has 4 aliphatic carbocycles. The van der Waals surface area contributed by atoms with Gasteiger partial charge in [0, 0.05) is 38.5 Å². The van der Waals surface area contributed by atoms with Crippen LogP contribution in [0.3, 0.4) is 0 Å². The molecule has 0 radical (unpaired) electrons. The molecular formula is C64H70N4. The molecular weight excluding hydrogens is 825 g/mol. The van der Waals surface area contributed by atoms with Gasteiger partial charge in [-0.15, -0.1) is 0 Å². The Bertz CT molecular complexity index is 3110. The molecule has 12 rings (SSSR count). The van der Waals surface area contributed by atoms with E-state index in [4.69, 9.17) is 15.0 Å². The van der Waals surface area contributed by atoms with Crippen molar-refractivity contribution in [3.8, 4) is 39.9 Å². The minimum absolute atomic E-state index is 0.489. The van der Waals surface area contributed by atoms with Crippen LogP contribution in [0.5, 0.6) is 0 Å². The summed E-state index contributed by atoms with van der Waals surface area (Å²) in [5, 5.41) is 4.97. The number of hydrogen-bond donors (Lipinski definition) is 0. The van der Waals surface area contributed by atoms with Crippen LogP contribution in [0.2, 0.25) is 0 Å². The summed E-state index contributed by atoms with van der Waals surface area (Å²) >= 11 is 0. The average Bonchev–Trinajstić information content (AvgIpc) is 3.92. The van der Waals surface area contributed by atoms with Gasteiger partial charge in [0.05, 0.1) is 11.0 Å². The van der Waals surface area contributed by atoms with E-state index >= 15 is 0 Å². The third-order valence-electron chi connectivity index (χ3n) is 19.1. The second-order valence-electron chi connectivity index (χ2n) is 23.0. The molecule has 0 aliphatic heterocycles. The maximum Gasteiger partial charge on any atom is 0.164 e. The first-order valence-electron chi connectivity index (χ1n) is 26.6. The quantitative estimate of drug-likeness (QED) is 0.137. The molecule has 68 heavy (non-hydrogen) atoms. The number of nitrogens with zero attached hydrogens (tertiary/aromatic N) is 4. The first-order chi connectivity index (χ1) is 33.2. The van der Waals surface area contributed by atoms with Gasteiger partial charge in [0.25, 0.3) is 0 Å². The van der Waals surface area contributed by atoms with E-state index in [1.165, 1.54) is 115 Å². The highest BCUT2D eigenvalue weighted by atomic mass is 15.0. The maximum absolute atomic E-state index is 5.27. The molecule has 0 N–H and O–H groups in total. The van der Waals surface area contributed by atoms with E-state index in [9.17, 15) is 0 Å². The normalized spacial score (nSPS) is 27.3. The zero-order valence-corrected chi connectivity index (χ0v) is 41.2. The van der Waals surface area contributed by atoms with Crippen molar-refractivity contribution in [1.82, 2.24) is 19.5 Å². The second-order valence-corrected chi connectivity index (χ2v) is 23.0. The van der Waals surface area contributed by atoms with E-state index in [1.807, 2.05) is 0 Å². The Kier molecular flexibility index (Phi) is 11.2. The lowest BCUT2D eigenvalue weighted by molar-refractivity contribution is -0.117. The highest BCUT2D eigenvalue weighted by Crippen LogP contribution is 2.69. The van der Waals surface area contributed by atoms with E-state index in [-0.39, 0.29) is 0 Å². The molecule has 346 valence electrons. The number of fused-ring (bicyclic) bond motifs is 10. The van der Waals surface area contributed by atoms with Crippen LogP contribution in [0.4, 0.5) is 0 Å². The van der Waals surface area contributed by atoms with Gasteiger partial charge in [-0.1, -0.05) is 175 Å². The summed E-state index contributed by atoms with van der Waals surface area (Å²) < 4.78 is 2.42. The summed E-state index contributed by atoms with van der Waals surface area (Å²) in [6, 6.07) is 50.5. The Morgan fingerprint density at radius 2 is 1.24 bits per heavy atom. The van der Waals surface area contributed by atoms with Gasteiger partial charge in [0.1, 0.15) is 0 Å². The zero-order valence-electron chi connectivity index (χ0n) is 41.2. The molecule has 6 aromatic carbocycles. The Morgan fingerprint density at radius 1 is 0.559 bits per heavy atom. The van der Waals surface area contributed by atoms with Crippen LogP contribution in [-0.2, 0) is 0 Å². The van der Waals surface area contributed by atoms with E-state index < -0.39 is 0 Å². The second kappa shape index (κ2) is 17.4. The third kappa shape index (κ3) is 7.42. The van der Waals surface area contributed by atoms with E-state index in [0.717, 1.165) is 63.8 Å². The van der Waals surface area contributed by atoms with Gasteiger partial charge in [-0.3, -0.25) is 0 Å². The van der Waals surface area contributed by atoms with Gasteiger partial charge in [-0.2, -0.15) is 0 Å². The lowest BCUT2D eigenvalue weighted by atomic mass is 9.43. The average molecular weight is 895 g/mol. The highest BCUT2D eigenvalue weighted by molar-refractivity contribution is 6.18. The number of rotatable bonds is 10. The molecule has 0 saturated heterocycles. The summed E-state index contributed by atoms with van der Waals surface area (Å²) in [7, 11) is 0. The molecule has 2 aromatic heterocycles.